The zero-order chi connectivity index (χ0) is 14.5. The smallest absolute Gasteiger partial charge is 0.176 e. The zero-order valence-corrected chi connectivity index (χ0v) is 13.0. The summed E-state index contributed by atoms with van der Waals surface area (Å²) in [6.07, 6.45) is 1.13. The number of hydrogen-bond donors (Lipinski definition) is 1. The van der Waals surface area contributed by atoms with E-state index < -0.39 is 0 Å². The van der Waals surface area contributed by atoms with Crippen molar-refractivity contribution in [2.45, 2.75) is 46.6 Å². The predicted molar refractivity (Wildman–Crippen MR) is 83.5 cm³/mol. The molecule has 0 aliphatic carbocycles. The van der Waals surface area contributed by atoms with Gasteiger partial charge in [-0.1, -0.05) is 32.9 Å². The van der Waals surface area contributed by atoms with Gasteiger partial charge in [-0.2, -0.15) is 0 Å². The second kappa shape index (κ2) is 6.80. The molecule has 0 saturated heterocycles. The molecule has 0 radical (unpaired) electrons. The van der Waals surface area contributed by atoms with E-state index in [0.29, 0.717) is 12.5 Å². The first-order valence-electron chi connectivity index (χ1n) is 7.56. The van der Waals surface area contributed by atoms with E-state index in [4.69, 9.17) is 9.15 Å². The van der Waals surface area contributed by atoms with Crippen molar-refractivity contribution >= 4 is 11.0 Å². The van der Waals surface area contributed by atoms with Crippen molar-refractivity contribution in [3.8, 4) is 5.75 Å². The van der Waals surface area contributed by atoms with Gasteiger partial charge >= 0.3 is 0 Å². The number of nitrogens with one attached hydrogen (secondary N) is 1. The van der Waals surface area contributed by atoms with E-state index in [-0.39, 0.29) is 0 Å². The molecule has 0 aliphatic heterocycles. The third kappa shape index (κ3) is 2.98. The van der Waals surface area contributed by atoms with Crippen LogP contribution >= 0.6 is 0 Å². The third-order valence-corrected chi connectivity index (χ3v) is 3.38. The molecule has 0 fully saturated rings. The number of hydrogen-bond acceptors (Lipinski definition) is 3. The highest BCUT2D eigenvalue weighted by molar-refractivity contribution is 5.87. The number of rotatable bonds is 7. The van der Waals surface area contributed by atoms with Gasteiger partial charge in [0.15, 0.2) is 11.3 Å². The van der Waals surface area contributed by atoms with Crippen LogP contribution < -0.4 is 10.1 Å². The van der Waals surface area contributed by atoms with Gasteiger partial charge < -0.3 is 14.5 Å². The van der Waals surface area contributed by atoms with Crippen LogP contribution in [0, 0.1) is 0 Å². The van der Waals surface area contributed by atoms with Gasteiger partial charge in [0, 0.05) is 10.9 Å². The molecule has 1 aromatic carbocycles. The predicted octanol–water partition coefficient (Wildman–Crippen LogP) is 4.45. The summed E-state index contributed by atoms with van der Waals surface area (Å²) in [5.41, 5.74) is 2.18. The Balaban J connectivity index is 2.45. The first-order chi connectivity index (χ1) is 9.69. The van der Waals surface area contributed by atoms with Crippen LogP contribution in [0.15, 0.2) is 22.6 Å². The van der Waals surface area contributed by atoms with Crippen molar-refractivity contribution < 1.29 is 9.15 Å². The molecule has 1 aromatic heterocycles. The van der Waals surface area contributed by atoms with Crippen LogP contribution in [0.1, 0.15) is 51.4 Å². The van der Waals surface area contributed by atoms with Crippen LogP contribution in [-0.4, -0.2) is 13.2 Å². The lowest BCUT2D eigenvalue weighted by Gasteiger charge is -2.07. The van der Waals surface area contributed by atoms with Crippen molar-refractivity contribution in [2.24, 2.45) is 0 Å². The number of para-hydroxylation sites is 1. The molecule has 0 atom stereocenters. The Bertz CT molecular complexity index is 557. The van der Waals surface area contributed by atoms with Crippen LogP contribution in [0.2, 0.25) is 0 Å². The summed E-state index contributed by atoms with van der Waals surface area (Å²) >= 11 is 0. The molecule has 0 saturated carbocycles. The van der Waals surface area contributed by atoms with E-state index in [9.17, 15) is 0 Å². The molecular weight excluding hydrogens is 250 g/mol. The van der Waals surface area contributed by atoms with Crippen LogP contribution in [0.3, 0.4) is 0 Å². The highest BCUT2D eigenvalue weighted by atomic mass is 16.5. The van der Waals surface area contributed by atoms with Gasteiger partial charge in [0.05, 0.1) is 13.2 Å². The lowest BCUT2D eigenvalue weighted by Crippen LogP contribution is -2.14. The summed E-state index contributed by atoms with van der Waals surface area (Å²) in [4.78, 5) is 0. The fourth-order valence-corrected chi connectivity index (χ4v) is 2.57. The molecule has 0 amide bonds. The molecule has 1 heterocycles. The number of benzene rings is 1. The lowest BCUT2D eigenvalue weighted by molar-refractivity contribution is 0.337. The highest BCUT2D eigenvalue weighted by Gasteiger charge is 2.19. The second-order valence-electron chi connectivity index (χ2n) is 5.34. The molecule has 0 bridgehead atoms. The first-order valence-corrected chi connectivity index (χ1v) is 7.56. The summed E-state index contributed by atoms with van der Waals surface area (Å²) in [5.74, 6) is 2.32. The van der Waals surface area contributed by atoms with E-state index in [1.54, 1.807) is 0 Å². The minimum atomic E-state index is 0.437. The summed E-state index contributed by atoms with van der Waals surface area (Å²) in [6, 6.07) is 6.14. The standard InChI is InChI=1S/C17H25NO2/c1-5-10-18-11-15-16(12(3)4)13-8-7-9-14(19-6-2)17(13)20-15/h7-9,12,18H,5-6,10-11H2,1-4H3. The molecular formula is C17H25NO2. The van der Waals surface area contributed by atoms with Gasteiger partial charge in [0.2, 0.25) is 0 Å². The normalized spacial score (nSPS) is 11.4. The quantitative estimate of drug-likeness (QED) is 0.758. The van der Waals surface area contributed by atoms with Gasteiger partial charge in [-0.3, -0.25) is 0 Å². The summed E-state index contributed by atoms with van der Waals surface area (Å²) in [7, 11) is 0. The monoisotopic (exact) mass is 275 g/mol. The fraction of sp³-hybridized carbons (Fsp3) is 0.529. The molecule has 3 heteroatoms. The SMILES string of the molecule is CCCNCc1oc2c(OCC)cccc2c1C(C)C. The molecule has 0 aliphatic rings. The fourth-order valence-electron chi connectivity index (χ4n) is 2.57. The van der Waals surface area contributed by atoms with Crippen molar-refractivity contribution in [1.82, 2.24) is 5.32 Å². The maximum absolute atomic E-state index is 6.10. The van der Waals surface area contributed by atoms with E-state index in [1.807, 2.05) is 19.1 Å². The number of ether oxygens (including phenoxy) is 1. The molecule has 110 valence electrons. The summed E-state index contributed by atoms with van der Waals surface area (Å²) in [6.45, 7) is 11.0. The average Bonchev–Trinajstić information content (AvgIpc) is 2.79. The van der Waals surface area contributed by atoms with Crippen molar-refractivity contribution in [1.29, 1.82) is 0 Å². The van der Waals surface area contributed by atoms with Gasteiger partial charge in [0.25, 0.3) is 0 Å². The van der Waals surface area contributed by atoms with Crippen LogP contribution in [-0.2, 0) is 6.54 Å². The average molecular weight is 275 g/mol. The minimum absolute atomic E-state index is 0.437. The summed E-state index contributed by atoms with van der Waals surface area (Å²) < 4.78 is 11.8. The van der Waals surface area contributed by atoms with Gasteiger partial charge in [-0.25, -0.2) is 0 Å². The molecule has 2 rings (SSSR count). The maximum Gasteiger partial charge on any atom is 0.176 e. The molecule has 20 heavy (non-hydrogen) atoms. The summed E-state index contributed by atoms with van der Waals surface area (Å²) in [5, 5.41) is 4.60. The van der Waals surface area contributed by atoms with Gasteiger partial charge in [-0.15, -0.1) is 0 Å². The Hall–Kier alpha value is -1.48. The van der Waals surface area contributed by atoms with Gasteiger partial charge in [0.1, 0.15) is 5.76 Å². The minimum Gasteiger partial charge on any atom is -0.490 e. The van der Waals surface area contributed by atoms with E-state index in [0.717, 1.165) is 36.6 Å². The van der Waals surface area contributed by atoms with Crippen molar-refractivity contribution in [2.75, 3.05) is 13.2 Å². The first kappa shape index (κ1) is 14.9. The maximum atomic E-state index is 6.10. The van der Waals surface area contributed by atoms with Crippen LogP contribution in [0.25, 0.3) is 11.0 Å². The van der Waals surface area contributed by atoms with Crippen molar-refractivity contribution in [3.05, 3.63) is 29.5 Å². The topological polar surface area (TPSA) is 34.4 Å². The Kier molecular flexibility index (Phi) is 5.07. The molecule has 1 N–H and O–H groups in total. The van der Waals surface area contributed by atoms with Crippen LogP contribution in [0.5, 0.6) is 5.75 Å². The zero-order valence-electron chi connectivity index (χ0n) is 13.0. The Morgan fingerprint density at radius 1 is 1.25 bits per heavy atom. The lowest BCUT2D eigenvalue weighted by atomic mass is 9.99. The van der Waals surface area contributed by atoms with E-state index in [1.165, 1.54) is 10.9 Å². The molecule has 2 aromatic rings. The highest BCUT2D eigenvalue weighted by Crippen LogP contribution is 2.36. The Morgan fingerprint density at radius 2 is 2.05 bits per heavy atom. The largest absolute Gasteiger partial charge is 0.490 e. The Labute approximate surface area is 121 Å². The van der Waals surface area contributed by atoms with Crippen molar-refractivity contribution in [3.63, 3.8) is 0 Å². The number of fused-ring (bicyclic) bond motifs is 1. The van der Waals surface area contributed by atoms with E-state index in [2.05, 4.69) is 32.2 Å². The van der Waals surface area contributed by atoms with Gasteiger partial charge in [-0.05, 0) is 31.9 Å². The third-order valence-electron chi connectivity index (χ3n) is 3.38. The second-order valence-corrected chi connectivity index (χ2v) is 5.34. The molecule has 3 nitrogen and oxygen atoms in total. The molecule has 0 spiro atoms. The van der Waals surface area contributed by atoms with E-state index >= 15 is 0 Å². The number of furan rings is 1. The molecule has 0 unspecified atom stereocenters. The van der Waals surface area contributed by atoms with Crippen LogP contribution in [0.4, 0.5) is 0 Å². The Morgan fingerprint density at radius 3 is 2.70 bits per heavy atom.